The van der Waals surface area contributed by atoms with E-state index in [9.17, 15) is 4.79 Å². The van der Waals surface area contributed by atoms with Gasteiger partial charge in [-0.25, -0.2) is 0 Å². The van der Waals surface area contributed by atoms with Gasteiger partial charge in [0.05, 0.1) is 5.92 Å². The number of para-hydroxylation sites is 1. The second kappa shape index (κ2) is 4.30. The maximum Gasteiger partial charge on any atom is 0.132 e. The van der Waals surface area contributed by atoms with Crippen LogP contribution in [0, 0.1) is 0 Å². The fourth-order valence-corrected chi connectivity index (χ4v) is 2.42. The molecule has 2 nitrogen and oxygen atoms in total. The molecule has 0 aliphatic carbocycles. The smallest absolute Gasteiger partial charge is 0.132 e. The maximum absolute atomic E-state index is 11.4. The molecule has 0 N–H and O–H groups in total. The molecule has 0 saturated heterocycles. The van der Waals surface area contributed by atoms with Crippen LogP contribution < -0.4 is 4.74 Å². The van der Waals surface area contributed by atoms with Crippen LogP contribution in [0.1, 0.15) is 29.5 Å². The number of ether oxygens (including phenoxy) is 1. The normalized spacial score (nSPS) is 16.4. The van der Waals surface area contributed by atoms with E-state index >= 15 is 0 Å². The van der Waals surface area contributed by atoms with Crippen LogP contribution in [-0.2, 0) is 11.2 Å². The largest absolute Gasteiger partial charge is 0.457 e. The number of carbonyl (C=O) groups is 1. The highest BCUT2D eigenvalue weighted by Gasteiger charge is 2.26. The molecule has 0 spiro atoms. The van der Waals surface area contributed by atoms with Crippen molar-refractivity contribution in [2.75, 3.05) is 0 Å². The van der Waals surface area contributed by atoms with Crippen molar-refractivity contribution in [2.45, 2.75) is 19.3 Å². The van der Waals surface area contributed by atoms with Gasteiger partial charge in [0.2, 0.25) is 0 Å². The minimum absolute atomic E-state index is 0.212. The van der Waals surface area contributed by atoms with Crippen molar-refractivity contribution in [3.63, 3.8) is 0 Å². The molecule has 0 saturated carbocycles. The van der Waals surface area contributed by atoms with Crippen LogP contribution in [0.3, 0.4) is 0 Å². The van der Waals surface area contributed by atoms with Gasteiger partial charge in [0, 0.05) is 11.1 Å². The third kappa shape index (κ3) is 1.61. The monoisotopic (exact) mass is 238 g/mol. The molecule has 2 aromatic carbocycles. The van der Waals surface area contributed by atoms with Crippen molar-refractivity contribution in [1.29, 1.82) is 0 Å². The molecule has 0 radical (unpaired) electrons. The van der Waals surface area contributed by atoms with Gasteiger partial charge in [-0.15, -0.1) is 0 Å². The minimum atomic E-state index is -0.212. The Hall–Kier alpha value is -2.09. The molecule has 1 aliphatic rings. The zero-order valence-electron chi connectivity index (χ0n) is 10.2. The average Bonchev–Trinajstić information content (AvgIpc) is 2.44. The molecule has 0 amide bonds. The molecule has 1 unspecified atom stereocenters. The third-order valence-corrected chi connectivity index (χ3v) is 3.43. The van der Waals surface area contributed by atoms with Crippen molar-refractivity contribution < 1.29 is 9.53 Å². The number of fused-ring (bicyclic) bond motifs is 2. The summed E-state index contributed by atoms with van der Waals surface area (Å²) in [6.45, 7) is 2.11. The minimum Gasteiger partial charge on any atom is -0.457 e. The van der Waals surface area contributed by atoms with Gasteiger partial charge >= 0.3 is 0 Å². The number of hydrogen-bond donors (Lipinski definition) is 0. The summed E-state index contributed by atoms with van der Waals surface area (Å²) in [7, 11) is 0. The summed E-state index contributed by atoms with van der Waals surface area (Å²) in [5, 5.41) is 0. The number of aldehydes is 1. The summed E-state index contributed by atoms with van der Waals surface area (Å²) >= 11 is 0. The number of carbonyl (C=O) groups excluding carboxylic acids is 1. The van der Waals surface area contributed by atoms with Crippen molar-refractivity contribution in [3.05, 3.63) is 59.2 Å². The van der Waals surface area contributed by atoms with Gasteiger partial charge in [-0.2, -0.15) is 0 Å². The number of benzene rings is 2. The molecular weight excluding hydrogens is 224 g/mol. The Morgan fingerprint density at radius 3 is 2.67 bits per heavy atom. The van der Waals surface area contributed by atoms with Crippen LogP contribution >= 0.6 is 0 Å². The summed E-state index contributed by atoms with van der Waals surface area (Å²) in [6.07, 6.45) is 1.96. The Kier molecular flexibility index (Phi) is 2.63. The van der Waals surface area contributed by atoms with Gasteiger partial charge in [-0.3, -0.25) is 0 Å². The van der Waals surface area contributed by atoms with Crippen LogP contribution in [0.2, 0.25) is 0 Å². The van der Waals surface area contributed by atoms with Crippen molar-refractivity contribution in [3.8, 4) is 11.5 Å². The lowest BCUT2D eigenvalue weighted by Crippen LogP contribution is -2.11. The molecule has 0 bridgehead atoms. The van der Waals surface area contributed by atoms with Gasteiger partial charge in [-0.05, 0) is 24.1 Å². The second-order valence-corrected chi connectivity index (χ2v) is 4.48. The lowest BCUT2D eigenvalue weighted by molar-refractivity contribution is -0.108. The zero-order valence-corrected chi connectivity index (χ0v) is 10.2. The highest BCUT2D eigenvalue weighted by molar-refractivity contribution is 5.74. The second-order valence-electron chi connectivity index (χ2n) is 4.48. The van der Waals surface area contributed by atoms with Crippen LogP contribution in [0.5, 0.6) is 11.5 Å². The fourth-order valence-electron chi connectivity index (χ4n) is 2.42. The SMILES string of the molecule is CCc1ccc2c(c1)C(C=O)c1ccccc1O2. The summed E-state index contributed by atoms with van der Waals surface area (Å²) < 4.78 is 5.85. The molecule has 2 aromatic rings. The first kappa shape index (κ1) is 11.0. The molecule has 0 aromatic heterocycles. The molecule has 1 atom stereocenters. The highest BCUT2D eigenvalue weighted by Crippen LogP contribution is 2.43. The summed E-state index contributed by atoms with van der Waals surface area (Å²) in [4.78, 5) is 11.4. The number of aryl methyl sites for hydroxylation is 1. The van der Waals surface area contributed by atoms with Gasteiger partial charge in [0.15, 0.2) is 0 Å². The van der Waals surface area contributed by atoms with Gasteiger partial charge < -0.3 is 9.53 Å². The first-order valence-corrected chi connectivity index (χ1v) is 6.18. The fraction of sp³-hybridized carbons (Fsp3) is 0.188. The van der Waals surface area contributed by atoms with Crippen LogP contribution in [0.25, 0.3) is 0 Å². The van der Waals surface area contributed by atoms with E-state index in [0.29, 0.717) is 0 Å². The van der Waals surface area contributed by atoms with E-state index in [-0.39, 0.29) is 5.92 Å². The first-order chi connectivity index (χ1) is 8.83. The predicted molar refractivity (Wildman–Crippen MR) is 70.2 cm³/mol. The quantitative estimate of drug-likeness (QED) is 0.746. The Morgan fingerprint density at radius 2 is 1.89 bits per heavy atom. The summed E-state index contributed by atoms with van der Waals surface area (Å²) in [5.74, 6) is 1.37. The molecule has 2 heteroatoms. The standard InChI is InChI=1S/C16H14O2/c1-2-11-7-8-16-13(9-11)14(10-17)12-5-3-4-6-15(12)18-16/h3-10,14H,2H2,1H3. The molecule has 3 rings (SSSR count). The lowest BCUT2D eigenvalue weighted by atomic mass is 9.88. The van der Waals surface area contributed by atoms with Crippen LogP contribution in [0.15, 0.2) is 42.5 Å². The average molecular weight is 238 g/mol. The van der Waals surface area contributed by atoms with Gasteiger partial charge in [0.1, 0.15) is 17.8 Å². The van der Waals surface area contributed by atoms with Crippen molar-refractivity contribution >= 4 is 6.29 Å². The van der Waals surface area contributed by atoms with Crippen LogP contribution in [0.4, 0.5) is 0 Å². The molecule has 1 aliphatic heterocycles. The zero-order chi connectivity index (χ0) is 12.5. The van der Waals surface area contributed by atoms with E-state index in [1.807, 2.05) is 30.3 Å². The summed E-state index contributed by atoms with van der Waals surface area (Å²) in [5.41, 5.74) is 3.15. The van der Waals surface area contributed by atoms with Crippen LogP contribution in [-0.4, -0.2) is 6.29 Å². The molecule has 1 heterocycles. The van der Waals surface area contributed by atoms with E-state index in [4.69, 9.17) is 4.74 Å². The Labute approximate surface area is 106 Å². The maximum atomic E-state index is 11.4. The van der Waals surface area contributed by atoms with Crippen molar-refractivity contribution in [2.24, 2.45) is 0 Å². The van der Waals surface area contributed by atoms with E-state index < -0.39 is 0 Å². The number of rotatable bonds is 2. The van der Waals surface area contributed by atoms with Gasteiger partial charge in [0.25, 0.3) is 0 Å². The molecule has 18 heavy (non-hydrogen) atoms. The molecular formula is C16H14O2. The highest BCUT2D eigenvalue weighted by atomic mass is 16.5. The van der Waals surface area contributed by atoms with Crippen molar-refractivity contribution in [1.82, 2.24) is 0 Å². The summed E-state index contributed by atoms with van der Waals surface area (Å²) in [6, 6.07) is 13.8. The Balaban J connectivity index is 2.18. The molecule has 0 fully saturated rings. The topological polar surface area (TPSA) is 26.3 Å². The van der Waals surface area contributed by atoms with E-state index in [1.54, 1.807) is 0 Å². The lowest BCUT2D eigenvalue weighted by Gasteiger charge is -2.25. The number of hydrogen-bond acceptors (Lipinski definition) is 2. The first-order valence-electron chi connectivity index (χ1n) is 6.18. The van der Waals surface area contributed by atoms with Gasteiger partial charge in [-0.1, -0.05) is 37.3 Å². The van der Waals surface area contributed by atoms with E-state index in [1.165, 1.54) is 5.56 Å². The van der Waals surface area contributed by atoms with E-state index in [0.717, 1.165) is 35.3 Å². The Morgan fingerprint density at radius 1 is 1.11 bits per heavy atom. The van der Waals surface area contributed by atoms with E-state index in [2.05, 4.69) is 19.1 Å². The Bertz CT molecular complexity index is 602. The predicted octanol–water partition coefficient (Wildman–Crippen LogP) is 3.69. The third-order valence-electron chi connectivity index (χ3n) is 3.43. The molecule has 90 valence electrons.